The number of nitrogens with one attached hydrogen (secondary N) is 1. The number of hydrogen-bond acceptors (Lipinski definition) is 7. The Morgan fingerprint density at radius 1 is 1.02 bits per heavy atom. The number of anilines is 1. The molecule has 0 aliphatic heterocycles. The summed E-state index contributed by atoms with van der Waals surface area (Å²) in [6, 6.07) is 15.5. The number of benzene rings is 2. The maximum Gasteiger partial charge on any atom is 0.251 e. The molecule has 1 atom stereocenters. The van der Waals surface area contributed by atoms with Crippen molar-refractivity contribution in [1.29, 1.82) is 0 Å². The van der Waals surface area contributed by atoms with E-state index in [-0.39, 0.29) is 23.4 Å². The molecule has 2 aromatic carbocycles. The van der Waals surface area contributed by atoms with Gasteiger partial charge in [0, 0.05) is 25.8 Å². The van der Waals surface area contributed by atoms with Crippen LogP contribution in [0.25, 0.3) is 11.0 Å². The number of carbonyl (C=O) groups excluding carboxylic acids is 2. The molecule has 216 valence electrons. The molecule has 1 N–H and O–H groups in total. The fourth-order valence-corrected chi connectivity index (χ4v) is 6.07. The zero-order valence-electron chi connectivity index (χ0n) is 23.4. The van der Waals surface area contributed by atoms with Gasteiger partial charge in [0.15, 0.2) is 6.04 Å². The first-order valence-electron chi connectivity index (χ1n) is 13.6. The van der Waals surface area contributed by atoms with Crippen LogP contribution in [0.1, 0.15) is 49.7 Å². The molecule has 0 saturated heterocycles. The van der Waals surface area contributed by atoms with Crippen molar-refractivity contribution in [3.05, 3.63) is 72.2 Å². The zero-order chi connectivity index (χ0) is 29.1. The number of hydrogen-bond donors (Lipinski definition) is 1. The van der Waals surface area contributed by atoms with Crippen LogP contribution < -0.4 is 10.2 Å². The highest BCUT2D eigenvalue weighted by Gasteiger charge is 2.37. The highest BCUT2D eigenvalue weighted by atomic mass is 32.2. The van der Waals surface area contributed by atoms with Gasteiger partial charge in [-0.1, -0.05) is 36.6 Å². The van der Waals surface area contributed by atoms with Crippen molar-refractivity contribution >= 4 is 38.6 Å². The van der Waals surface area contributed by atoms with E-state index in [1.165, 1.54) is 47.9 Å². The molecule has 2 amide bonds. The minimum absolute atomic E-state index is 0.00127. The van der Waals surface area contributed by atoms with E-state index in [1.807, 2.05) is 18.2 Å². The van der Waals surface area contributed by atoms with Crippen molar-refractivity contribution in [3.63, 3.8) is 0 Å². The summed E-state index contributed by atoms with van der Waals surface area (Å²) >= 11 is 0. The number of rotatable bonds is 9. The van der Waals surface area contributed by atoms with E-state index >= 15 is 0 Å². The number of aromatic nitrogens is 3. The smallest absolute Gasteiger partial charge is 0.251 e. The Morgan fingerprint density at radius 2 is 1.73 bits per heavy atom. The highest BCUT2D eigenvalue weighted by molar-refractivity contribution is 7.89. The maximum absolute atomic E-state index is 14.2. The molecule has 2 aromatic heterocycles. The number of nitrogens with zero attached hydrogens (tertiary/aromatic N) is 5. The Balaban J connectivity index is 1.57. The lowest BCUT2D eigenvalue weighted by Gasteiger charge is -2.32. The average Bonchev–Trinajstić information content (AvgIpc) is 3.58. The first kappa shape index (κ1) is 28.5. The number of carbonyl (C=O) groups is 2. The second-order valence-corrected chi connectivity index (χ2v) is 12.6. The summed E-state index contributed by atoms with van der Waals surface area (Å²) in [6.45, 7) is 1.57. The Hall–Kier alpha value is -4.03. The molecule has 1 fully saturated rings. The molecular weight excluding hydrogens is 544 g/mol. The molecular formula is C29H34N6O5S. The van der Waals surface area contributed by atoms with Gasteiger partial charge in [0.1, 0.15) is 23.6 Å². The van der Waals surface area contributed by atoms with Crippen LogP contribution in [0.15, 0.2) is 70.0 Å². The first-order valence-corrected chi connectivity index (χ1v) is 15.1. The third-order valence-electron chi connectivity index (χ3n) is 7.36. The SMILES string of the molecule is Cc1ccc([C@H](C(=O)NC2CCCCC2)N(C(=O)Cn2nnc3ccccc32)c2ccc(S(=O)(=O)N(C)C)cc2)o1. The van der Waals surface area contributed by atoms with Crippen LogP contribution in [0.5, 0.6) is 0 Å². The van der Waals surface area contributed by atoms with Gasteiger partial charge in [-0.3, -0.25) is 14.5 Å². The second kappa shape index (κ2) is 11.8. The predicted molar refractivity (Wildman–Crippen MR) is 154 cm³/mol. The first-order chi connectivity index (χ1) is 19.6. The van der Waals surface area contributed by atoms with Gasteiger partial charge in [0.25, 0.3) is 5.91 Å². The molecule has 0 unspecified atom stereocenters. The fourth-order valence-electron chi connectivity index (χ4n) is 5.17. The van der Waals surface area contributed by atoms with E-state index < -0.39 is 22.0 Å². The van der Waals surface area contributed by atoms with Gasteiger partial charge in [0.05, 0.1) is 10.4 Å². The van der Waals surface area contributed by atoms with Crippen molar-refractivity contribution in [2.45, 2.75) is 62.6 Å². The summed E-state index contributed by atoms with van der Waals surface area (Å²) in [7, 11) is -0.798. The van der Waals surface area contributed by atoms with Crippen LogP contribution in [-0.2, 0) is 26.2 Å². The van der Waals surface area contributed by atoms with Crippen molar-refractivity contribution in [3.8, 4) is 0 Å². The molecule has 1 aliphatic rings. The number of para-hydroxylation sites is 1. The lowest BCUT2D eigenvalue weighted by molar-refractivity contribution is -0.128. The van der Waals surface area contributed by atoms with E-state index in [9.17, 15) is 18.0 Å². The largest absolute Gasteiger partial charge is 0.464 e. The number of aryl methyl sites for hydroxylation is 1. The summed E-state index contributed by atoms with van der Waals surface area (Å²) < 4.78 is 34.0. The van der Waals surface area contributed by atoms with Gasteiger partial charge < -0.3 is 9.73 Å². The molecule has 4 aromatic rings. The van der Waals surface area contributed by atoms with Crippen molar-refractivity contribution < 1.29 is 22.4 Å². The second-order valence-electron chi connectivity index (χ2n) is 10.5. The standard InChI is InChI=1S/C29H34N6O5S/c1-20-13-18-26(40-20)28(29(37)30-21-9-5-4-6-10-21)35(22-14-16-23(17-15-22)41(38,39)33(2)3)27(36)19-34-25-12-8-7-11-24(25)31-32-34/h7-8,11-18,21,28H,4-6,9-10,19H2,1-3H3,(H,30,37)/t28-/m1/s1. The number of furan rings is 1. The summed E-state index contributed by atoms with van der Waals surface area (Å²) in [5, 5.41) is 11.5. The van der Waals surface area contributed by atoms with Gasteiger partial charge >= 0.3 is 0 Å². The molecule has 2 heterocycles. The average molecular weight is 579 g/mol. The molecule has 11 nitrogen and oxygen atoms in total. The van der Waals surface area contributed by atoms with Crippen molar-refractivity contribution in [2.75, 3.05) is 19.0 Å². The monoisotopic (exact) mass is 578 g/mol. The fraction of sp³-hybridized carbons (Fsp3) is 0.379. The van der Waals surface area contributed by atoms with Gasteiger partial charge in [0.2, 0.25) is 15.9 Å². The molecule has 0 radical (unpaired) electrons. The van der Waals surface area contributed by atoms with Crippen LogP contribution in [0.2, 0.25) is 0 Å². The molecule has 12 heteroatoms. The topological polar surface area (TPSA) is 131 Å². The number of amides is 2. The maximum atomic E-state index is 14.2. The van der Waals surface area contributed by atoms with Gasteiger partial charge in [-0.15, -0.1) is 5.10 Å². The summed E-state index contributed by atoms with van der Waals surface area (Å²) in [5.74, 6) is 0.0879. The van der Waals surface area contributed by atoms with E-state index in [2.05, 4.69) is 15.6 Å². The molecule has 41 heavy (non-hydrogen) atoms. The van der Waals surface area contributed by atoms with Crippen LogP contribution >= 0.6 is 0 Å². The van der Waals surface area contributed by atoms with E-state index in [1.54, 1.807) is 25.1 Å². The minimum Gasteiger partial charge on any atom is -0.464 e. The summed E-state index contributed by atoms with van der Waals surface area (Å²) in [4.78, 5) is 29.5. The third-order valence-corrected chi connectivity index (χ3v) is 9.19. The van der Waals surface area contributed by atoms with Crippen LogP contribution in [0.3, 0.4) is 0 Å². The molecule has 0 spiro atoms. The summed E-state index contributed by atoms with van der Waals surface area (Å²) in [6.07, 6.45) is 4.92. The summed E-state index contributed by atoms with van der Waals surface area (Å²) in [5.41, 5.74) is 1.65. The van der Waals surface area contributed by atoms with Gasteiger partial charge in [-0.25, -0.2) is 17.4 Å². The van der Waals surface area contributed by atoms with E-state index in [4.69, 9.17) is 4.42 Å². The molecule has 5 rings (SSSR count). The normalized spacial score (nSPS) is 15.2. The van der Waals surface area contributed by atoms with Crippen molar-refractivity contribution in [2.24, 2.45) is 0 Å². The van der Waals surface area contributed by atoms with E-state index in [0.29, 0.717) is 28.2 Å². The molecule has 0 bridgehead atoms. The number of fused-ring (bicyclic) bond motifs is 1. The van der Waals surface area contributed by atoms with Crippen molar-refractivity contribution in [1.82, 2.24) is 24.6 Å². The molecule has 1 saturated carbocycles. The minimum atomic E-state index is -3.70. The van der Waals surface area contributed by atoms with E-state index in [0.717, 1.165) is 36.4 Å². The lowest BCUT2D eigenvalue weighted by atomic mass is 9.95. The highest BCUT2D eigenvalue weighted by Crippen LogP contribution is 2.32. The Bertz CT molecular complexity index is 1640. The quantitative estimate of drug-likeness (QED) is 0.320. The predicted octanol–water partition coefficient (Wildman–Crippen LogP) is 3.81. The van der Waals surface area contributed by atoms with Crippen LogP contribution in [0, 0.1) is 6.92 Å². The van der Waals surface area contributed by atoms with Gasteiger partial charge in [-0.2, -0.15) is 0 Å². The van der Waals surface area contributed by atoms with Crippen LogP contribution in [0.4, 0.5) is 5.69 Å². The van der Waals surface area contributed by atoms with Gasteiger partial charge in [-0.05, 0) is 68.3 Å². The molecule has 1 aliphatic carbocycles. The number of sulfonamides is 1. The Morgan fingerprint density at radius 3 is 2.39 bits per heavy atom. The lowest BCUT2D eigenvalue weighted by Crippen LogP contribution is -2.48. The van der Waals surface area contributed by atoms with Crippen LogP contribution in [-0.4, -0.2) is 59.7 Å². The third kappa shape index (κ3) is 6.03. The zero-order valence-corrected chi connectivity index (χ0v) is 24.2. The Kier molecular flexibility index (Phi) is 8.22. The Labute approximate surface area is 239 Å².